The van der Waals surface area contributed by atoms with Gasteiger partial charge in [0.2, 0.25) is 0 Å². The van der Waals surface area contributed by atoms with Crippen LogP contribution in [0.3, 0.4) is 0 Å². The largest absolute Gasteiger partial charge is 0.493 e. The highest BCUT2D eigenvalue weighted by Crippen LogP contribution is 2.33. The van der Waals surface area contributed by atoms with Crippen molar-refractivity contribution in [1.29, 1.82) is 0 Å². The van der Waals surface area contributed by atoms with Gasteiger partial charge >= 0.3 is 6.09 Å². The molecular formula is C23H28N2O3. The fourth-order valence-corrected chi connectivity index (χ4v) is 4.05. The second kappa shape index (κ2) is 8.23. The Morgan fingerprint density at radius 3 is 2.36 bits per heavy atom. The molecule has 2 heterocycles. The molecule has 2 fully saturated rings. The first-order chi connectivity index (χ1) is 13.6. The smallest absolute Gasteiger partial charge is 0.410 e. The molecule has 2 aliphatic rings. The van der Waals surface area contributed by atoms with E-state index in [4.69, 9.17) is 9.47 Å². The van der Waals surface area contributed by atoms with E-state index in [1.54, 1.807) is 4.90 Å². The SMILES string of the molecule is CN1CC2(CCN(Cc3ccc(OCCc4ccccc4)cc3)CC2)OC1=O. The molecule has 5 heteroatoms. The van der Waals surface area contributed by atoms with Gasteiger partial charge in [-0.25, -0.2) is 4.79 Å². The minimum Gasteiger partial charge on any atom is -0.493 e. The van der Waals surface area contributed by atoms with E-state index >= 15 is 0 Å². The number of hydrogen-bond donors (Lipinski definition) is 0. The van der Waals surface area contributed by atoms with Gasteiger partial charge in [-0.3, -0.25) is 4.90 Å². The predicted molar refractivity (Wildman–Crippen MR) is 108 cm³/mol. The van der Waals surface area contributed by atoms with E-state index in [9.17, 15) is 4.79 Å². The first-order valence-corrected chi connectivity index (χ1v) is 10.0. The normalized spacial score (nSPS) is 19.0. The molecule has 0 aliphatic carbocycles. The van der Waals surface area contributed by atoms with Gasteiger partial charge in [-0.15, -0.1) is 0 Å². The summed E-state index contributed by atoms with van der Waals surface area (Å²) in [5.74, 6) is 0.915. The molecule has 0 N–H and O–H groups in total. The minimum absolute atomic E-state index is 0.184. The van der Waals surface area contributed by atoms with Crippen LogP contribution in [0.15, 0.2) is 54.6 Å². The van der Waals surface area contributed by atoms with Crippen molar-refractivity contribution in [3.8, 4) is 5.75 Å². The van der Waals surface area contributed by atoms with Gasteiger partial charge in [0.1, 0.15) is 11.4 Å². The number of carbonyl (C=O) groups is 1. The minimum atomic E-state index is -0.265. The van der Waals surface area contributed by atoms with Crippen molar-refractivity contribution >= 4 is 6.09 Å². The number of rotatable bonds is 6. The predicted octanol–water partition coefficient (Wildman–Crippen LogP) is 3.72. The number of likely N-dealkylation sites (tertiary alicyclic amines) is 1. The van der Waals surface area contributed by atoms with Crippen LogP contribution in [0, 0.1) is 0 Å². The van der Waals surface area contributed by atoms with Crippen LogP contribution in [0.2, 0.25) is 0 Å². The van der Waals surface area contributed by atoms with Crippen molar-refractivity contribution in [2.45, 2.75) is 31.4 Å². The summed E-state index contributed by atoms with van der Waals surface area (Å²) >= 11 is 0. The van der Waals surface area contributed by atoms with E-state index in [1.165, 1.54) is 11.1 Å². The van der Waals surface area contributed by atoms with Gasteiger partial charge in [-0.2, -0.15) is 0 Å². The number of likely N-dealkylation sites (N-methyl/N-ethyl adjacent to an activating group) is 1. The number of benzene rings is 2. The Hall–Kier alpha value is -2.53. The molecule has 1 spiro atoms. The molecule has 0 atom stereocenters. The highest BCUT2D eigenvalue weighted by atomic mass is 16.6. The first-order valence-electron chi connectivity index (χ1n) is 10.0. The fraction of sp³-hybridized carbons (Fsp3) is 0.435. The molecule has 0 aromatic heterocycles. The van der Waals surface area contributed by atoms with Crippen LogP contribution in [0.25, 0.3) is 0 Å². The van der Waals surface area contributed by atoms with Crippen LogP contribution in [-0.2, 0) is 17.7 Å². The Morgan fingerprint density at radius 2 is 1.71 bits per heavy atom. The van der Waals surface area contributed by atoms with Crippen LogP contribution in [0.4, 0.5) is 4.79 Å². The highest BCUT2D eigenvalue weighted by Gasteiger charge is 2.45. The van der Waals surface area contributed by atoms with Crippen LogP contribution >= 0.6 is 0 Å². The number of hydrogen-bond acceptors (Lipinski definition) is 4. The third kappa shape index (κ3) is 4.47. The van der Waals surface area contributed by atoms with Crippen molar-refractivity contribution in [3.05, 3.63) is 65.7 Å². The Morgan fingerprint density at radius 1 is 1.00 bits per heavy atom. The average molecular weight is 380 g/mol. The lowest BCUT2D eigenvalue weighted by Gasteiger charge is -2.37. The van der Waals surface area contributed by atoms with Gasteiger partial charge in [-0.1, -0.05) is 42.5 Å². The Kier molecular flexibility index (Phi) is 5.53. The Labute approximate surface area is 166 Å². The highest BCUT2D eigenvalue weighted by molar-refractivity contribution is 5.70. The lowest BCUT2D eigenvalue weighted by atomic mass is 9.91. The summed E-state index contributed by atoms with van der Waals surface area (Å²) < 4.78 is 11.5. The Bertz CT molecular complexity index is 783. The van der Waals surface area contributed by atoms with Crippen LogP contribution < -0.4 is 4.74 Å². The summed E-state index contributed by atoms with van der Waals surface area (Å²) in [7, 11) is 1.81. The summed E-state index contributed by atoms with van der Waals surface area (Å²) in [4.78, 5) is 15.8. The van der Waals surface area contributed by atoms with Crippen molar-refractivity contribution in [3.63, 3.8) is 0 Å². The quantitative estimate of drug-likeness (QED) is 0.766. The molecule has 2 aromatic carbocycles. The third-order valence-corrected chi connectivity index (χ3v) is 5.74. The molecule has 2 saturated heterocycles. The zero-order chi connectivity index (χ0) is 19.4. The van der Waals surface area contributed by atoms with Gasteiger partial charge in [0, 0.05) is 45.9 Å². The molecule has 4 rings (SSSR count). The Balaban J connectivity index is 1.22. The molecular weight excluding hydrogens is 352 g/mol. The first kappa shape index (κ1) is 18.8. The molecule has 148 valence electrons. The third-order valence-electron chi connectivity index (χ3n) is 5.74. The maximum Gasteiger partial charge on any atom is 0.410 e. The zero-order valence-electron chi connectivity index (χ0n) is 16.5. The van der Waals surface area contributed by atoms with Crippen LogP contribution in [-0.4, -0.2) is 54.8 Å². The van der Waals surface area contributed by atoms with Crippen LogP contribution in [0.5, 0.6) is 5.75 Å². The topological polar surface area (TPSA) is 42.0 Å². The molecule has 28 heavy (non-hydrogen) atoms. The number of carbonyl (C=O) groups excluding carboxylic acids is 1. The van der Waals surface area contributed by atoms with Crippen molar-refractivity contribution in [1.82, 2.24) is 9.80 Å². The monoisotopic (exact) mass is 380 g/mol. The van der Waals surface area contributed by atoms with Gasteiger partial charge in [0.15, 0.2) is 0 Å². The molecule has 2 aliphatic heterocycles. The molecule has 0 saturated carbocycles. The van der Waals surface area contributed by atoms with Gasteiger partial charge in [0.25, 0.3) is 0 Å². The van der Waals surface area contributed by atoms with Crippen molar-refractivity contribution in [2.75, 3.05) is 33.3 Å². The summed E-state index contributed by atoms with van der Waals surface area (Å²) in [5.41, 5.74) is 2.31. The molecule has 0 bridgehead atoms. The van der Waals surface area contributed by atoms with Crippen molar-refractivity contribution < 1.29 is 14.3 Å². The molecule has 5 nitrogen and oxygen atoms in total. The number of piperidine rings is 1. The second-order valence-electron chi connectivity index (χ2n) is 7.91. The van der Waals surface area contributed by atoms with E-state index in [0.717, 1.165) is 44.6 Å². The maximum atomic E-state index is 11.7. The summed E-state index contributed by atoms with van der Waals surface area (Å²) in [6.45, 7) is 4.23. The number of nitrogens with zero attached hydrogens (tertiary/aromatic N) is 2. The number of ether oxygens (including phenoxy) is 2. The van der Waals surface area contributed by atoms with Crippen LogP contribution in [0.1, 0.15) is 24.0 Å². The molecule has 0 radical (unpaired) electrons. The average Bonchev–Trinajstić information content (AvgIpc) is 2.99. The molecule has 2 aromatic rings. The summed E-state index contributed by atoms with van der Waals surface area (Å²) in [5, 5.41) is 0. The van der Waals surface area contributed by atoms with Crippen molar-refractivity contribution in [2.24, 2.45) is 0 Å². The van der Waals surface area contributed by atoms with Gasteiger partial charge in [-0.05, 0) is 23.3 Å². The lowest BCUT2D eigenvalue weighted by molar-refractivity contribution is -0.00119. The lowest BCUT2D eigenvalue weighted by Crippen LogP contribution is -2.46. The zero-order valence-corrected chi connectivity index (χ0v) is 16.5. The van der Waals surface area contributed by atoms with E-state index < -0.39 is 0 Å². The number of amides is 1. The van der Waals surface area contributed by atoms with Gasteiger partial charge < -0.3 is 14.4 Å². The summed E-state index contributed by atoms with van der Waals surface area (Å²) in [6, 6.07) is 18.8. The fourth-order valence-electron chi connectivity index (χ4n) is 4.05. The van der Waals surface area contributed by atoms with E-state index in [2.05, 4.69) is 53.4 Å². The molecule has 0 unspecified atom stereocenters. The second-order valence-corrected chi connectivity index (χ2v) is 7.91. The van der Waals surface area contributed by atoms with E-state index in [-0.39, 0.29) is 11.7 Å². The van der Waals surface area contributed by atoms with Gasteiger partial charge in [0.05, 0.1) is 13.2 Å². The standard InChI is InChI=1S/C23H28N2O3/c1-24-18-23(28-22(24)26)12-14-25(15-13-23)17-20-7-9-21(10-8-20)27-16-11-19-5-3-2-4-6-19/h2-10H,11-18H2,1H3. The molecule has 1 amide bonds. The van der Waals surface area contributed by atoms with E-state index in [1.807, 2.05) is 13.1 Å². The summed E-state index contributed by atoms with van der Waals surface area (Å²) in [6.07, 6.45) is 2.54. The van der Waals surface area contributed by atoms with E-state index in [0.29, 0.717) is 13.2 Å². The maximum absolute atomic E-state index is 11.7.